The number of aromatic nitrogens is 1. The Morgan fingerprint density at radius 1 is 1.12 bits per heavy atom. The zero-order valence-electron chi connectivity index (χ0n) is 14.7. The van der Waals surface area contributed by atoms with E-state index in [0.29, 0.717) is 0 Å². The Labute approximate surface area is 156 Å². The van der Waals surface area contributed by atoms with Crippen molar-refractivity contribution in [2.45, 2.75) is 40.2 Å². The van der Waals surface area contributed by atoms with Gasteiger partial charge in [-0.05, 0) is 44.9 Å². The summed E-state index contributed by atoms with van der Waals surface area (Å²) in [6.45, 7) is 8.47. The Morgan fingerprint density at radius 3 is 2.52 bits per heavy atom. The van der Waals surface area contributed by atoms with E-state index in [1.165, 1.54) is 20.9 Å². The molecule has 0 saturated carbocycles. The average molecular weight is 371 g/mol. The second-order valence-electron chi connectivity index (χ2n) is 6.40. The molecule has 0 bridgehead atoms. The Balaban J connectivity index is 2.05. The standard InChI is InChI=1S/C20H19ClN2OS/c1-5-15-19-17(11(3)23-24-19)20-16(10(2)12(4)25-20)18(22-15)13-6-8-14(21)9-7-13/h6-9,15H,5H2,1-4H3/t15-/m0/s1. The van der Waals surface area contributed by atoms with Gasteiger partial charge in [-0.3, -0.25) is 4.99 Å². The minimum Gasteiger partial charge on any atom is -0.358 e. The van der Waals surface area contributed by atoms with Crippen molar-refractivity contribution in [3.8, 4) is 10.4 Å². The first-order valence-electron chi connectivity index (χ1n) is 8.41. The fourth-order valence-electron chi connectivity index (χ4n) is 3.36. The van der Waals surface area contributed by atoms with Gasteiger partial charge in [0.05, 0.1) is 17.0 Å². The Kier molecular flexibility index (Phi) is 4.05. The van der Waals surface area contributed by atoms with E-state index < -0.39 is 0 Å². The number of hydrogen-bond donors (Lipinski definition) is 0. The lowest BCUT2D eigenvalue weighted by atomic mass is 9.96. The van der Waals surface area contributed by atoms with Crippen molar-refractivity contribution in [1.82, 2.24) is 5.16 Å². The van der Waals surface area contributed by atoms with Crippen LogP contribution in [0.15, 0.2) is 33.8 Å². The molecule has 0 aliphatic carbocycles. The molecule has 2 aromatic heterocycles. The topological polar surface area (TPSA) is 38.4 Å². The van der Waals surface area contributed by atoms with Crippen LogP contribution in [0.5, 0.6) is 0 Å². The normalized spacial score (nSPS) is 16.2. The lowest BCUT2D eigenvalue weighted by Gasteiger charge is -2.11. The van der Waals surface area contributed by atoms with Crippen molar-refractivity contribution in [2.24, 2.45) is 4.99 Å². The van der Waals surface area contributed by atoms with Crippen molar-refractivity contribution in [1.29, 1.82) is 0 Å². The first-order valence-corrected chi connectivity index (χ1v) is 9.61. The number of fused-ring (bicyclic) bond motifs is 3. The van der Waals surface area contributed by atoms with E-state index in [1.807, 2.05) is 31.2 Å². The Bertz CT molecular complexity index is 982. The summed E-state index contributed by atoms with van der Waals surface area (Å²) >= 11 is 7.89. The van der Waals surface area contributed by atoms with E-state index in [-0.39, 0.29) is 6.04 Å². The lowest BCUT2D eigenvalue weighted by molar-refractivity contribution is 0.357. The van der Waals surface area contributed by atoms with Gasteiger partial charge in [0, 0.05) is 25.9 Å². The van der Waals surface area contributed by atoms with Crippen LogP contribution in [0.1, 0.15) is 52.4 Å². The number of aliphatic imine (C=N–C) groups is 1. The fourth-order valence-corrected chi connectivity index (χ4v) is 4.75. The van der Waals surface area contributed by atoms with Crippen LogP contribution in [0.2, 0.25) is 5.02 Å². The molecule has 25 heavy (non-hydrogen) atoms. The van der Waals surface area contributed by atoms with Gasteiger partial charge in [-0.25, -0.2) is 0 Å². The molecule has 3 heterocycles. The van der Waals surface area contributed by atoms with E-state index in [0.717, 1.165) is 39.7 Å². The Hall–Kier alpha value is -1.91. The third-order valence-corrected chi connectivity index (χ3v) is 6.31. The first-order chi connectivity index (χ1) is 12.0. The van der Waals surface area contributed by atoms with Gasteiger partial charge >= 0.3 is 0 Å². The minimum absolute atomic E-state index is 0.0267. The van der Waals surface area contributed by atoms with Crippen molar-refractivity contribution >= 4 is 28.6 Å². The number of benzene rings is 1. The molecule has 3 aromatic rings. The maximum absolute atomic E-state index is 6.09. The van der Waals surface area contributed by atoms with Crippen LogP contribution in [-0.4, -0.2) is 10.9 Å². The van der Waals surface area contributed by atoms with E-state index in [1.54, 1.807) is 11.3 Å². The summed E-state index contributed by atoms with van der Waals surface area (Å²) in [4.78, 5) is 7.63. The molecule has 3 nitrogen and oxygen atoms in total. The number of thiophene rings is 1. The molecule has 0 saturated heterocycles. The average Bonchev–Trinajstić information content (AvgIpc) is 3.06. The SMILES string of the molecule is CC[C@@H]1N=C(c2ccc(Cl)cc2)c2c(sc(C)c2C)-c2c(C)noc21. The number of nitrogens with zero attached hydrogens (tertiary/aromatic N) is 2. The third-order valence-electron chi connectivity index (χ3n) is 4.83. The largest absolute Gasteiger partial charge is 0.358 e. The van der Waals surface area contributed by atoms with Crippen LogP contribution in [0.4, 0.5) is 0 Å². The van der Waals surface area contributed by atoms with Gasteiger partial charge in [0.2, 0.25) is 0 Å². The molecule has 0 radical (unpaired) electrons. The zero-order chi connectivity index (χ0) is 17.7. The van der Waals surface area contributed by atoms with Gasteiger partial charge in [-0.1, -0.05) is 35.8 Å². The molecular formula is C20H19ClN2OS. The van der Waals surface area contributed by atoms with Gasteiger partial charge < -0.3 is 4.52 Å². The Morgan fingerprint density at radius 2 is 1.84 bits per heavy atom. The summed E-state index contributed by atoms with van der Waals surface area (Å²) < 4.78 is 5.71. The highest BCUT2D eigenvalue weighted by Gasteiger charge is 2.32. The van der Waals surface area contributed by atoms with E-state index in [2.05, 4.69) is 25.9 Å². The molecule has 128 valence electrons. The second kappa shape index (κ2) is 6.11. The van der Waals surface area contributed by atoms with E-state index in [9.17, 15) is 0 Å². The molecule has 5 heteroatoms. The summed E-state index contributed by atoms with van der Waals surface area (Å²) in [5.74, 6) is 0.881. The van der Waals surface area contributed by atoms with Crippen LogP contribution in [-0.2, 0) is 0 Å². The van der Waals surface area contributed by atoms with Gasteiger partial charge in [0.15, 0.2) is 5.76 Å². The fraction of sp³-hybridized carbons (Fsp3) is 0.300. The third kappa shape index (κ3) is 2.55. The summed E-state index contributed by atoms with van der Waals surface area (Å²) in [7, 11) is 0. The summed E-state index contributed by atoms with van der Waals surface area (Å²) in [5, 5.41) is 4.96. The minimum atomic E-state index is -0.0267. The van der Waals surface area contributed by atoms with Crippen LogP contribution < -0.4 is 0 Å². The highest BCUT2D eigenvalue weighted by atomic mass is 35.5. The molecular weight excluding hydrogens is 352 g/mol. The van der Waals surface area contributed by atoms with Gasteiger partial charge in [0.1, 0.15) is 6.04 Å². The monoisotopic (exact) mass is 370 g/mol. The van der Waals surface area contributed by atoms with Crippen LogP contribution in [0.25, 0.3) is 10.4 Å². The van der Waals surface area contributed by atoms with Gasteiger partial charge in [-0.15, -0.1) is 11.3 Å². The van der Waals surface area contributed by atoms with Crippen LogP contribution in [0.3, 0.4) is 0 Å². The highest BCUT2D eigenvalue weighted by Crippen LogP contribution is 2.46. The van der Waals surface area contributed by atoms with Crippen molar-refractivity contribution in [3.63, 3.8) is 0 Å². The van der Waals surface area contributed by atoms with Crippen LogP contribution in [0, 0.1) is 20.8 Å². The molecule has 0 amide bonds. The molecule has 0 spiro atoms. The molecule has 1 aliphatic heterocycles. The van der Waals surface area contributed by atoms with Crippen molar-refractivity contribution in [2.75, 3.05) is 0 Å². The number of rotatable bonds is 2. The smallest absolute Gasteiger partial charge is 0.170 e. The number of hydrogen-bond acceptors (Lipinski definition) is 4. The predicted octanol–water partition coefficient (Wildman–Crippen LogP) is 6.28. The summed E-state index contributed by atoms with van der Waals surface area (Å²) in [6.07, 6.45) is 0.867. The zero-order valence-corrected chi connectivity index (χ0v) is 16.3. The molecule has 0 unspecified atom stereocenters. The maximum Gasteiger partial charge on any atom is 0.170 e. The van der Waals surface area contributed by atoms with Crippen molar-refractivity contribution in [3.05, 3.63) is 62.3 Å². The molecule has 4 rings (SSSR count). The van der Waals surface area contributed by atoms with E-state index in [4.69, 9.17) is 21.1 Å². The maximum atomic E-state index is 6.09. The molecule has 0 N–H and O–H groups in total. The van der Waals surface area contributed by atoms with Gasteiger partial charge in [-0.2, -0.15) is 0 Å². The first kappa shape index (κ1) is 16.6. The summed E-state index contributed by atoms with van der Waals surface area (Å²) in [6, 6.07) is 7.90. The number of halogens is 1. The molecule has 1 aromatic carbocycles. The van der Waals surface area contributed by atoms with Crippen LogP contribution >= 0.6 is 22.9 Å². The molecule has 1 aliphatic rings. The van der Waals surface area contributed by atoms with E-state index >= 15 is 0 Å². The predicted molar refractivity (Wildman–Crippen MR) is 104 cm³/mol. The summed E-state index contributed by atoms with van der Waals surface area (Å²) in [5.41, 5.74) is 6.64. The quantitative estimate of drug-likeness (QED) is 0.532. The number of aryl methyl sites for hydroxylation is 2. The van der Waals surface area contributed by atoms with Crippen molar-refractivity contribution < 1.29 is 4.52 Å². The molecule has 1 atom stereocenters. The van der Waals surface area contributed by atoms with Gasteiger partial charge in [0.25, 0.3) is 0 Å². The molecule has 0 fully saturated rings. The second-order valence-corrected chi connectivity index (χ2v) is 8.06. The lowest BCUT2D eigenvalue weighted by Crippen LogP contribution is -2.06. The highest BCUT2D eigenvalue weighted by molar-refractivity contribution is 7.16.